The molecule has 0 radical (unpaired) electrons. The second kappa shape index (κ2) is 6.19. The highest BCUT2D eigenvalue weighted by atomic mass is 16.4. The largest absolute Gasteiger partial charge is 0.481 e. The van der Waals surface area contributed by atoms with E-state index in [4.69, 9.17) is 5.11 Å². The zero-order chi connectivity index (χ0) is 13.8. The van der Waals surface area contributed by atoms with E-state index in [1.807, 2.05) is 11.8 Å². The number of aliphatic carboxylic acids is 1. The number of rotatable bonds is 4. The first-order chi connectivity index (χ1) is 9.08. The van der Waals surface area contributed by atoms with Crippen LogP contribution < -0.4 is 5.32 Å². The number of nitrogens with zero attached hydrogens (tertiary/aromatic N) is 1. The smallest absolute Gasteiger partial charge is 0.303 e. The topological polar surface area (TPSA) is 69.6 Å². The van der Waals surface area contributed by atoms with Gasteiger partial charge in [0.05, 0.1) is 0 Å². The van der Waals surface area contributed by atoms with Gasteiger partial charge in [-0.2, -0.15) is 0 Å². The molecule has 2 saturated heterocycles. The monoisotopic (exact) mass is 266 g/mol. The van der Waals surface area contributed by atoms with Gasteiger partial charge in [-0.1, -0.05) is 0 Å². The highest BCUT2D eigenvalue weighted by Gasteiger charge is 2.26. The Morgan fingerprint density at radius 3 is 2.74 bits per heavy atom. The molecule has 2 rings (SSSR count). The van der Waals surface area contributed by atoms with Crippen LogP contribution in [0.25, 0.3) is 0 Å². The van der Waals surface area contributed by atoms with Gasteiger partial charge in [-0.3, -0.25) is 9.59 Å². The SMILES string of the molecule is CC(C(=O)N1CCCC(CCC(=O)O)C1)=C1CNC1. The van der Waals surface area contributed by atoms with Gasteiger partial charge < -0.3 is 15.3 Å². The van der Waals surface area contributed by atoms with Crippen molar-refractivity contribution < 1.29 is 14.7 Å². The van der Waals surface area contributed by atoms with Gasteiger partial charge in [-0.25, -0.2) is 0 Å². The summed E-state index contributed by atoms with van der Waals surface area (Å²) >= 11 is 0. The Morgan fingerprint density at radius 1 is 1.42 bits per heavy atom. The summed E-state index contributed by atoms with van der Waals surface area (Å²) in [7, 11) is 0. The van der Waals surface area contributed by atoms with Crippen molar-refractivity contribution in [1.82, 2.24) is 10.2 Å². The second-order valence-electron chi connectivity index (χ2n) is 5.52. The van der Waals surface area contributed by atoms with Crippen molar-refractivity contribution in [2.75, 3.05) is 26.2 Å². The maximum Gasteiger partial charge on any atom is 0.303 e. The predicted molar refractivity (Wildman–Crippen MR) is 71.7 cm³/mol. The summed E-state index contributed by atoms with van der Waals surface area (Å²) in [5.74, 6) is -0.273. The highest BCUT2D eigenvalue weighted by Crippen LogP contribution is 2.23. The van der Waals surface area contributed by atoms with E-state index >= 15 is 0 Å². The average molecular weight is 266 g/mol. The van der Waals surface area contributed by atoms with Gasteiger partial charge >= 0.3 is 5.97 Å². The number of carboxylic acids is 1. The van der Waals surface area contributed by atoms with Crippen molar-refractivity contribution in [2.24, 2.45) is 5.92 Å². The molecule has 0 saturated carbocycles. The van der Waals surface area contributed by atoms with E-state index < -0.39 is 5.97 Å². The third kappa shape index (κ3) is 3.56. The molecule has 19 heavy (non-hydrogen) atoms. The molecule has 0 aliphatic carbocycles. The maximum atomic E-state index is 12.3. The number of carbonyl (C=O) groups excluding carboxylic acids is 1. The van der Waals surface area contributed by atoms with E-state index in [9.17, 15) is 9.59 Å². The van der Waals surface area contributed by atoms with Crippen LogP contribution in [0.15, 0.2) is 11.1 Å². The molecule has 2 fully saturated rings. The Labute approximate surface area is 113 Å². The number of likely N-dealkylation sites (tertiary alicyclic amines) is 1. The summed E-state index contributed by atoms with van der Waals surface area (Å²) in [6.45, 7) is 5.08. The van der Waals surface area contributed by atoms with Gasteiger partial charge in [-0.15, -0.1) is 0 Å². The zero-order valence-electron chi connectivity index (χ0n) is 11.4. The number of nitrogens with one attached hydrogen (secondary N) is 1. The van der Waals surface area contributed by atoms with Crippen molar-refractivity contribution in [3.63, 3.8) is 0 Å². The molecule has 5 nitrogen and oxygen atoms in total. The molecule has 0 bridgehead atoms. The Balaban J connectivity index is 1.89. The molecular formula is C14H22N2O3. The fourth-order valence-corrected chi connectivity index (χ4v) is 2.72. The summed E-state index contributed by atoms with van der Waals surface area (Å²) in [6.07, 6.45) is 2.90. The average Bonchev–Trinajstić information content (AvgIpc) is 2.33. The Bertz CT molecular complexity index is 397. The van der Waals surface area contributed by atoms with Crippen LogP contribution in [0.1, 0.15) is 32.6 Å². The lowest BCUT2D eigenvalue weighted by Gasteiger charge is -2.34. The molecular weight excluding hydrogens is 244 g/mol. The molecule has 1 amide bonds. The number of hydrogen-bond donors (Lipinski definition) is 2. The third-order valence-electron chi connectivity index (χ3n) is 4.10. The quantitative estimate of drug-likeness (QED) is 0.745. The highest BCUT2D eigenvalue weighted by molar-refractivity contribution is 5.94. The Hall–Kier alpha value is -1.36. The normalized spacial score (nSPS) is 22.9. The Kier molecular flexibility index (Phi) is 4.58. The molecule has 2 N–H and O–H groups in total. The zero-order valence-corrected chi connectivity index (χ0v) is 11.4. The number of carbonyl (C=O) groups is 2. The van der Waals surface area contributed by atoms with Gasteiger partial charge in [0.25, 0.3) is 0 Å². The van der Waals surface area contributed by atoms with Gasteiger partial charge in [0.2, 0.25) is 5.91 Å². The van der Waals surface area contributed by atoms with E-state index in [1.54, 1.807) is 0 Å². The number of carboxylic acid groups (broad SMARTS) is 1. The van der Waals surface area contributed by atoms with E-state index in [-0.39, 0.29) is 12.3 Å². The van der Waals surface area contributed by atoms with E-state index in [2.05, 4.69) is 5.32 Å². The predicted octanol–water partition coefficient (Wildman–Crippen LogP) is 1.01. The summed E-state index contributed by atoms with van der Waals surface area (Å²) in [5, 5.41) is 11.9. The lowest BCUT2D eigenvalue weighted by Crippen LogP contribution is -2.43. The summed E-state index contributed by atoms with van der Waals surface area (Å²) in [6, 6.07) is 0. The van der Waals surface area contributed by atoms with Crippen molar-refractivity contribution in [3.8, 4) is 0 Å². The summed E-state index contributed by atoms with van der Waals surface area (Å²) < 4.78 is 0. The number of amides is 1. The van der Waals surface area contributed by atoms with E-state index in [0.29, 0.717) is 18.9 Å². The molecule has 2 aliphatic rings. The maximum absolute atomic E-state index is 12.3. The number of piperidine rings is 1. The first kappa shape index (κ1) is 14.1. The Morgan fingerprint density at radius 2 is 2.16 bits per heavy atom. The summed E-state index contributed by atoms with van der Waals surface area (Å²) in [4.78, 5) is 24.8. The van der Waals surface area contributed by atoms with Crippen molar-refractivity contribution in [2.45, 2.75) is 32.6 Å². The molecule has 1 atom stereocenters. The van der Waals surface area contributed by atoms with Gasteiger partial charge in [0.1, 0.15) is 0 Å². The first-order valence-electron chi connectivity index (χ1n) is 6.98. The van der Waals surface area contributed by atoms with Crippen LogP contribution in [0.2, 0.25) is 0 Å². The van der Waals surface area contributed by atoms with Crippen LogP contribution in [0, 0.1) is 5.92 Å². The second-order valence-corrected chi connectivity index (χ2v) is 5.52. The third-order valence-corrected chi connectivity index (χ3v) is 4.10. The molecule has 0 aromatic rings. The minimum Gasteiger partial charge on any atom is -0.481 e. The summed E-state index contributed by atoms with van der Waals surface area (Å²) in [5.41, 5.74) is 2.08. The van der Waals surface area contributed by atoms with Gasteiger partial charge in [0.15, 0.2) is 0 Å². The van der Waals surface area contributed by atoms with Crippen molar-refractivity contribution in [3.05, 3.63) is 11.1 Å². The molecule has 0 aromatic heterocycles. The van der Waals surface area contributed by atoms with Gasteiger partial charge in [-0.05, 0) is 37.7 Å². The van der Waals surface area contributed by atoms with Gasteiger partial charge in [0, 0.05) is 38.2 Å². The minimum atomic E-state index is -0.748. The van der Waals surface area contributed by atoms with Crippen LogP contribution in [0.4, 0.5) is 0 Å². The standard InChI is InChI=1S/C14H22N2O3/c1-10(12-7-15-8-12)14(19)16-6-2-3-11(9-16)4-5-13(17)18/h11,15H,2-9H2,1H3,(H,17,18). The number of hydrogen-bond acceptors (Lipinski definition) is 3. The fraction of sp³-hybridized carbons (Fsp3) is 0.714. The molecule has 0 spiro atoms. The lowest BCUT2D eigenvalue weighted by atomic mass is 9.92. The molecule has 106 valence electrons. The molecule has 5 heteroatoms. The van der Waals surface area contributed by atoms with Crippen molar-refractivity contribution >= 4 is 11.9 Å². The molecule has 2 aliphatic heterocycles. The van der Waals surface area contributed by atoms with Crippen LogP contribution in [0.3, 0.4) is 0 Å². The van der Waals surface area contributed by atoms with Crippen LogP contribution in [0.5, 0.6) is 0 Å². The lowest BCUT2D eigenvalue weighted by molar-refractivity contribution is -0.137. The molecule has 2 heterocycles. The van der Waals surface area contributed by atoms with Crippen LogP contribution >= 0.6 is 0 Å². The molecule has 1 unspecified atom stereocenters. The van der Waals surface area contributed by atoms with Crippen LogP contribution in [-0.4, -0.2) is 48.1 Å². The van der Waals surface area contributed by atoms with E-state index in [0.717, 1.165) is 38.0 Å². The van der Waals surface area contributed by atoms with Crippen molar-refractivity contribution in [1.29, 1.82) is 0 Å². The van der Waals surface area contributed by atoms with Crippen LogP contribution in [-0.2, 0) is 9.59 Å². The minimum absolute atomic E-state index is 0.136. The molecule has 0 aromatic carbocycles. The fourth-order valence-electron chi connectivity index (χ4n) is 2.72. The van der Waals surface area contributed by atoms with E-state index in [1.165, 1.54) is 5.57 Å². The first-order valence-corrected chi connectivity index (χ1v) is 6.98.